The number of carboxylic acids is 1. The van der Waals surface area contributed by atoms with Crippen molar-refractivity contribution in [3.05, 3.63) is 41.6 Å². The summed E-state index contributed by atoms with van der Waals surface area (Å²) in [6, 6.07) is 9.90. The Morgan fingerprint density at radius 1 is 1.29 bits per heavy atom. The second kappa shape index (κ2) is 8.73. The van der Waals surface area contributed by atoms with Crippen molar-refractivity contribution in [2.75, 3.05) is 18.0 Å². The highest BCUT2D eigenvalue weighted by Crippen LogP contribution is 2.27. The van der Waals surface area contributed by atoms with Crippen LogP contribution in [0, 0.1) is 11.3 Å². The van der Waals surface area contributed by atoms with E-state index in [4.69, 9.17) is 5.11 Å². The van der Waals surface area contributed by atoms with Crippen LogP contribution in [-0.2, 0) is 16.0 Å². The number of para-hydroxylation sites is 1. The number of rotatable bonds is 8. The summed E-state index contributed by atoms with van der Waals surface area (Å²) in [7, 11) is 0. The number of hydrogen-bond acceptors (Lipinski definition) is 4. The Morgan fingerprint density at radius 3 is 2.83 bits per heavy atom. The maximum Gasteiger partial charge on any atom is 0.303 e. The van der Waals surface area contributed by atoms with Crippen LogP contribution < -0.4 is 10.2 Å². The van der Waals surface area contributed by atoms with E-state index in [1.54, 1.807) is 6.20 Å². The van der Waals surface area contributed by atoms with Crippen LogP contribution in [0.4, 0.5) is 5.69 Å². The topological polar surface area (TPSA) is 93.4 Å². The Kier molecular flexibility index (Phi) is 6.38. The van der Waals surface area contributed by atoms with Crippen molar-refractivity contribution in [3.8, 4) is 6.07 Å². The first-order valence-corrected chi connectivity index (χ1v) is 8.08. The molecule has 0 spiro atoms. The number of nitrogens with zero attached hydrogens (tertiary/aromatic N) is 2. The van der Waals surface area contributed by atoms with Crippen molar-refractivity contribution >= 4 is 17.6 Å². The molecule has 0 fully saturated rings. The number of aliphatic carboxylic acids is 1. The lowest BCUT2D eigenvalue weighted by Crippen LogP contribution is -2.27. The Labute approximate surface area is 141 Å². The molecule has 6 heteroatoms. The normalized spacial score (nSPS) is 13.3. The van der Waals surface area contributed by atoms with Gasteiger partial charge in [-0.3, -0.25) is 9.59 Å². The van der Waals surface area contributed by atoms with Gasteiger partial charge in [-0.1, -0.05) is 24.6 Å². The van der Waals surface area contributed by atoms with Crippen LogP contribution in [0.25, 0.3) is 0 Å². The lowest BCUT2D eigenvalue weighted by atomic mass is 10.2. The number of fused-ring (bicyclic) bond motifs is 1. The number of amides is 1. The summed E-state index contributed by atoms with van der Waals surface area (Å²) < 4.78 is 0. The van der Waals surface area contributed by atoms with Crippen LogP contribution in [0.3, 0.4) is 0 Å². The van der Waals surface area contributed by atoms with Crippen LogP contribution >= 0.6 is 0 Å². The zero-order valence-electron chi connectivity index (χ0n) is 13.5. The summed E-state index contributed by atoms with van der Waals surface area (Å²) in [5.74, 6) is -1.19. The van der Waals surface area contributed by atoms with Crippen LogP contribution in [0.5, 0.6) is 0 Å². The van der Waals surface area contributed by atoms with Gasteiger partial charge in [0, 0.05) is 31.4 Å². The minimum atomic E-state index is -0.806. The Balaban J connectivity index is 1.84. The van der Waals surface area contributed by atoms with E-state index in [1.165, 1.54) is 5.56 Å². The number of nitriles is 1. The van der Waals surface area contributed by atoms with Gasteiger partial charge in [0.15, 0.2) is 0 Å². The predicted octanol–water partition coefficient (Wildman–Crippen LogP) is 2.22. The van der Waals surface area contributed by atoms with Gasteiger partial charge in [0.1, 0.15) is 11.6 Å². The van der Waals surface area contributed by atoms with E-state index in [2.05, 4.69) is 5.32 Å². The molecule has 1 heterocycles. The van der Waals surface area contributed by atoms with Gasteiger partial charge in [-0.2, -0.15) is 5.26 Å². The van der Waals surface area contributed by atoms with Crippen molar-refractivity contribution in [1.29, 1.82) is 5.26 Å². The predicted molar refractivity (Wildman–Crippen MR) is 90.3 cm³/mol. The van der Waals surface area contributed by atoms with Gasteiger partial charge < -0.3 is 15.3 Å². The zero-order chi connectivity index (χ0) is 17.4. The zero-order valence-corrected chi connectivity index (χ0v) is 13.5. The van der Waals surface area contributed by atoms with E-state index in [-0.39, 0.29) is 17.9 Å². The summed E-state index contributed by atoms with van der Waals surface area (Å²) >= 11 is 0. The average Bonchev–Trinajstić information content (AvgIpc) is 2.98. The van der Waals surface area contributed by atoms with Gasteiger partial charge >= 0.3 is 5.97 Å². The fourth-order valence-corrected chi connectivity index (χ4v) is 2.67. The monoisotopic (exact) mass is 327 g/mol. The van der Waals surface area contributed by atoms with Crippen molar-refractivity contribution < 1.29 is 14.7 Å². The van der Waals surface area contributed by atoms with E-state index < -0.39 is 5.97 Å². The molecular formula is C18H21N3O3. The molecule has 1 aliphatic rings. The van der Waals surface area contributed by atoms with Gasteiger partial charge in [-0.05, 0) is 30.9 Å². The molecule has 2 rings (SSSR count). The van der Waals surface area contributed by atoms with Crippen molar-refractivity contribution in [1.82, 2.24) is 5.32 Å². The number of unbranched alkanes of at least 4 members (excludes halogenated alkanes) is 2. The largest absolute Gasteiger partial charge is 0.481 e. The molecule has 1 amide bonds. The number of anilines is 1. The lowest BCUT2D eigenvalue weighted by Gasteiger charge is -2.14. The highest BCUT2D eigenvalue weighted by molar-refractivity contribution is 5.97. The molecule has 0 saturated heterocycles. The quantitative estimate of drug-likeness (QED) is 0.434. The van der Waals surface area contributed by atoms with Gasteiger partial charge in [0.25, 0.3) is 5.91 Å². The molecule has 24 heavy (non-hydrogen) atoms. The van der Waals surface area contributed by atoms with Crippen molar-refractivity contribution in [2.24, 2.45) is 0 Å². The summed E-state index contributed by atoms with van der Waals surface area (Å²) in [6.45, 7) is 1.20. The molecular weight excluding hydrogens is 306 g/mol. The summed E-state index contributed by atoms with van der Waals surface area (Å²) in [4.78, 5) is 24.4. The van der Waals surface area contributed by atoms with Gasteiger partial charge in [0.05, 0.1) is 0 Å². The molecule has 0 radical (unpaired) electrons. The second-order valence-corrected chi connectivity index (χ2v) is 5.69. The number of carbonyl (C=O) groups is 2. The molecule has 1 aromatic rings. The molecule has 0 aromatic heterocycles. The summed E-state index contributed by atoms with van der Waals surface area (Å²) in [5.41, 5.74) is 2.33. The summed E-state index contributed by atoms with van der Waals surface area (Å²) in [6.07, 6.45) is 4.67. The fraction of sp³-hybridized carbons (Fsp3) is 0.389. The van der Waals surface area contributed by atoms with Crippen LogP contribution in [0.1, 0.15) is 31.2 Å². The van der Waals surface area contributed by atoms with E-state index in [0.29, 0.717) is 19.4 Å². The second-order valence-electron chi connectivity index (χ2n) is 5.69. The smallest absolute Gasteiger partial charge is 0.303 e. The first kappa shape index (κ1) is 17.5. The molecule has 0 aliphatic carbocycles. The lowest BCUT2D eigenvalue weighted by molar-refractivity contribution is -0.137. The minimum absolute atomic E-state index is 0.0808. The standard InChI is InChI=1S/C18H21N3O3/c19-12-15(18(24)20-10-5-1-2-8-17(22)23)13-21-11-9-14-6-3-4-7-16(14)21/h3-4,6-7,13H,1-2,5,8-11H2,(H,20,24)(H,22,23)/b15-13-. The maximum absolute atomic E-state index is 12.1. The minimum Gasteiger partial charge on any atom is -0.481 e. The van der Waals surface area contributed by atoms with E-state index >= 15 is 0 Å². The molecule has 0 unspecified atom stereocenters. The molecule has 0 atom stereocenters. The first-order valence-electron chi connectivity index (χ1n) is 8.08. The first-order chi connectivity index (χ1) is 11.6. The summed E-state index contributed by atoms with van der Waals surface area (Å²) in [5, 5.41) is 20.5. The maximum atomic E-state index is 12.1. The van der Waals surface area contributed by atoms with E-state index in [0.717, 1.165) is 25.1 Å². The Bertz CT molecular complexity index is 676. The third-order valence-corrected chi connectivity index (χ3v) is 3.93. The third kappa shape index (κ3) is 4.85. The number of hydrogen-bond donors (Lipinski definition) is 2. The fourth-order valence-electron chi connectivity index (χ4n) is 2.67. The molecule has 1 aromatic carbocycles. The van der Waals surface area contributed by atoms with Crippen LogP contribution in [0.2, 0.25) is 0 Å². The molecule has 1 aliphatic heterocycles. The van der Waals surface area contributed by atoms with Crippen molar-refractivity contribution in [3.63, 3.8) is 0 Å². The number of carboxylic acid groups (broad SMARTS) is 1. The number of carbonyl (C=O) groups excluding carboxylic acids is 1. The average molecular weight is 327 g/mol. The van der Waals surface area contributed by atoms with E-state index in [1.807, 2.05) is 35.2 Å². The van der Waals surface area contributed by atoms with Crippen molar-refractivity contribution in [2.45, 2.75) is 32.1 Å². The molecule has 126 valence electrons. The van der Waals surface area contributed by atoms with Crippen LogP contribution in [-0.4, -0.2) is 30.1 Å². The van der Waals surface area contributed by atoms with Gasteiger partial charge in [0.2, 0.25) is 0 Å². The molecule has 0 saturated carbocycles. The van der Waals surface area contributed by atoms with Gasteiger partial charge in [-0.15, -0.1) is 0 Å². The Hall–Kier alpha value is -2.81. The molecule has 6 nitrogen and oxygen atoms in total. The number of nitrogens with one attached hydrogen (secondary N) is 1. The molecule has 0 bridgehead atoms. The highest BCUT2D eigenvalue weighted by Gasteiger charge is 2.19. The van der Waals surface area contributed by atoms with Crippen LogP contribution in [0.15, 0.2) is 36.0 Å². The van der Waals surface area contributed by atoms with Gasteiger partial charge in [-0.25, -0.2) is 0 Å². The Morgan fingerprint density at radius 2 is 2.08 bits per heavy atom. The third-order valence-electron chi connectivity index (χ3n) is 3.93. The number of benzene rings is 1. The SMILES string of the molecule is N#C/C(=C/N1CCc2ccccc21)C(=O)NCCCCCC(=O)O. The highest BCUT2D eigenvalue weighted by atomic mass is 16.4. The molecule has 2 N–H and O–H groups in total. The van der Waals surface area contributed by atoms with E-state index in [9.17, 15) is 14.9 Å².